The predicted octanol–water partition coefficient (Wildman–Crippen LogP) is 4.70. The Morgan fingerprint density at radius 3 is 2.67 bits per heavy atom. The van der Waals surface area contributed by atoms with Gasteiger partial charge in [0.2, 0.25) is 11.9 Å². The predicted molar refractivity (Wildman–Crippen MR) is 156 cm³/mol. The molecule has 4 aromatic rings. The molecule has 2 N–H and O–H groups in total. The highest BCUT2D eigenvalue weighted by molar-refractivity contribution is 6.02. The van der Waals surface area contributed by atoms with Gasteiger partial charge in [-0.2, -0.15) is 4.98 Å². The summed E-state index contributed by atoms with van der Waals surface area (Å²) in [5.74, 6) is 1.24. The van der Waals surface area contributed by atoms with E-state index in [0.29, 0.717) is 34.9 Å². The third-order valence-electron chi connectivity index (χ3n) is 6.80. The number of methoxy groups -OCH3 is 1. The monoisotopic (exact) mass is 526 g/mol. The molecule has 1 aliphatic rings. The molecule has 0 saturated heterocycles. The van der Waals surface area contributed by atoms with Crippen LogP contribution in [0.25, 0.3) is 22.3 Å². The summed E-state index contributed by atoms with van der Waals surface area (Å²) >= 11 is 0. The van der Waals surface area contributed by atoms with Gasteiger partial charge in [0, 0.05) is 54.9 Å². The number of aromatic nitrogens is 4. The van der Waals surface area contributed by atoms with Crippen LogP contribution in [0, 0.1) is 0 Å². The lowest BCUT2D eigenvalue weighted by Gasteiger charge is -2.25. The zero-order valence-electron chi connectivity index (χ0n) is 22.8. The van der Waals surface area contributed by atoms with Crippen LogP contribution in [0.3, 0.4) is 0 Å². The summed E-state index contributed by atoms with van der Waals surface area (Å²) in [6.45, 7) is 5.19. The standard InChI is InChI=1S/C29H34N8O2/c1-6-27(38)32-22-15-23(26(39-5)16-25(22)36(4)14-13-35(2)3)33-29-31-18-30-28(34-29)21-17-37(19-11-12-19)24-10-8-7-9-20(21)24/h6-10,15-19H,1,11-14H2,2-5H3,(H,32,38)(H,30,31,33,34). The van der Waals surface area contributed by atoms with Crippen molar-refractivity contribution in [1.29, 1.82) is 0 Å². The fourth-order valence-electron chi connectivity index (χ4n) is 4.55. The number of hydrogen-bond acceptors (Lipinski definition) is 8. The van der Waals surface area contributed by atoms with Crippen LogP contribution < -0.4 is 20.3 Å². The highest BCUT2D eigenvalue weighted by Gasteiger charge is 2.26. The van der Waals surface area contributed by atoms with Gasteiger partial charge in [0.1, 0.15) is 12.1 Å². The van der Waals surface area contributed by atoms with E-state index in [1.54, 1.807) is 7.11 Å². The fourth-order valence-corrected chi connectivity index (χ4v) is 4.55. The van der Waals surface area contributed by atoms with Crippen molar-refractivity contribution in [3.8, 4) is 17.1 Å². The average molecular weight is 527 g/mol. The van der Waals surface area contributed by atoms with Crippen LogP contribution in [-0.4, -0.2) is 71.7 Å². The van der Waals surface area contributed by atoms with Gasteiger partial charge in [0.05, 0.1) is 24.2 Å². The van der Waals surface area contributed by atoms with E-state index in [9.17, 15) is 4.79 Å². The molecule has 2 aromatic carbocycles. The van der Waals surface area contributed by atoms with Crippen LogP contribution in [0.15, 0.2) is 61.6 Å². The van der Waals surface area contributed by atoms with Gasteiger partial charge in [-0.3, -0.25) is 4.79 Å². The van der Waals surface area contributed by atoms with Crippen LogP contribution in [0.4, 0.5) is 23.0 Å². The maximum absolute atomic E-state index is 12.3. The normalized spacial score (nSPS) is 12.9. The molecule has 2 aromatic heterocycles. The molecule has 202 valence electrons. The third-order valence-corrected chi connectivity index (χ3v) is 6.80. The van der Waals surface area contributed by atoms with Crippen molar-refractivity contribution in [3.63, 3.8) is 0 Å². The van der Waals surface area contributed by atoms with Crippen molar-refractivity contribution >= 4 is 39.8 Å². The number of carbonyl (C=O) groups is 1. The number of amides is 1. The van der Waals surface area contributed by atoms with E-state index < -0.39 is 0 Å². The van der Waals surface area contributed by atoms with Gasteiger partial charge in [0.25, 0.3) is 0 Å². The maximum atomic E-state index is 12.3. The molecule has 1 saturated carbocycles. The van der Waals surface area contributed by atoms with E-state index in [1.807, 2.05) is 39.3 Å². The number of para-hydroxylation sites is 1. The Bertz CT molecular complexity index is 1510. The lowest BCUT2D eigenvalue weighted by atomic mass is 10.1. The van der Waals surface area contributed by atoms with Gasteiger partial charge in [0.15, 0.2) is 5.82 Å². The largest absolute Gasteiger partial charge is 0.494 e. The molecule has 1 amide bonds. The SMILES string of the molecule is C=CC(=O)Nc1cc(Nc2ncnc(-c3cn(C4CC4)c4ccccc34)n2)c(OC)cc1N(C)CCN(C)C. The second-order valence-corrected chi connectivity index (χ2v) is 9.94. The van der Waals surface area contributed by atoms with E-state index in [1.165, 1.54) is 30.8 Å². The number of nitrogens with zero attached hydrogens (tertiary/aromatic N) is 6. The molecule has 39 heavy (non-hydrogen) atoms. The van der Waals surface area contributed by atoms with E-state index in [2.05, 4.69) is 65.9 Å². The first-order chi connectivity index (χ1) is 18.9. The van der Waals surface area contributed by atoms with Crippen LogP contribution in [0.2, 0.25) is 0 Å². The number of nitrogens with one attached hydrogen (secondary N) is 2. The van der Waals surface area contributed by atoms with Gasteiger partial charge in [-0.05, 0) is 45.1 Å². The van der Waals surface area contributed by atoms with Crippen LogP contribution >= 0.6 is 0 Å². The lowest BCUT2D eigenvalue weighted by molar-refractivity contribution is -0.111. The first kappa shape index (κ1) is 26.2. The second kappa shape index (κ2) is 11.1. The number of benzene rings is 2. The molecule has 0 radical (unpaired) electrons. The third kappa shape index (κ3) is 5.70. The van der Waals surface area contributed by atoms with E-state index in [-0.39, 0.29) is 5.91 Å². The zero-order valence-corrected chi connectivity index (χ0v) is 22.8. The maximum Gasteiger partial charge on any atom is 0.247 e. The summed E-state index contributed by atoms with van der Waals surface area (Å²) in [6, 6.07) is 12.6. The molecule has 0 bridgehead atoms. The molecule has 10 nitrogen and oxygen atoms in total. The van der Waals surface area contributed by atoms with Crippen molar-refractivity contribution in [2.45, 2.75) is 18.9 Å². The van der Waals surface area contributed by atoms with Gasteiger partial charge in [-0.1, -0.05) is 24.8 Å². The number of rotatable bonds is 11. The van der Waals surface area contributed by atoms with Crippen molar-refractivity contribution in [1.82, 2.24) is 24.4 Å². The summed E-state index contributed by atoms with van der Waals surface area (Å²) in [4.78, 5) is 30.0. The molecule has 5 rings (SSSR count). The van der Waals surface area contributed by atoms with Crippen LogP contribution in [0.1, 0.15) is 18.9 Å². The Hall–Kier alpha value is -4.44. The smallest absolute Gasteiger partial charge is 0.247 e. The number of anilines is 4. The summed E-state index contributed by atoms with van der Waals surface area (Å²) in [6.07, 6.45) is 7.27. The van der Waals surface area contributed by atoms with Gasteiger partial charge in [-0.25, -0.2) is 9.97 Å². The molecular formula is C29H34N8O2. The number of ether oxygens (including phenoxy) is 1. The summed E-state index contributed by atoms with van der Waals surface area (Å²) < 4.78 is 8.05. The molecule has 1 fully saturated rings. The first-order valence-electron chi connectivity index (χ1n) is 12.9. The Balaban J connectivity index is 1.49. The molecule has 0 spiro atoms. The molecule has 10 heteroatoms. The average Bonchev–Trinajstić information content (AvgIpc) is 3.71. The minimum Gasteiger partial charge on any atom is -0.494 e. The highest BCUT2D eigenvalue weighted by Crippen LogP contribution is 2.41. The molecule has 0 unspecified atom stereocenters. The minimum atomic E-state index is -0.303. The van der Waals surface area contributed by atoms with Gasteiger partial charge < -0.3 is 29.7 Å². The fraction of sp³-hybridized carbons (Fsp3) is 0.310. The Labute approximate surface area is 228 Å². The van der Waals surface area contributed by atoms with Crippen molar-refractivity contribution in [2.24, 2.45) is 0 Å². The van der Waals surface area contributed by atoms with Gasteiger partial charge in [-0.15, -0.1) is 0 Å². The number of fused-ring (bicyclic) bond motifs is 1. The number of likely N-dealkylation sites (N-methyl/N-ethyl adjacent to an activating group) is 2. The Morgan fingerprint density at radius 1 is 1.15 bits per heavy atom. The van der Waals surface area contributed by atoms with Crippen molar-refractivity contribution in [2.75, 3.05) is 56.9 Å². The number of carbonyl (C=O) groups excluding carboxylic acids is 1. The van der Waals surface area contributed by atoms with Crippen LogP contribution in [-0.2, 0) is 4.79 Å². The molecule has 0 aliphatic heterocycles. The summed E-state index contributed by atoms with van der Waals surface area (Å²) in [5, 5.41) is 7.30. The minimum absolute atomic E-state index is 0.303. The Kier molecular flexibility index (Phi) is 7.47. The van der Waals surface area contributed by atoms with Crippen LogP contribution in [0.5, 0.6) is 5.75 Å². The topological polar surface area (TPSA) is 100 Å². The molecule has 0 atom stereocenters. The zero-order chi connectivity index (χ0) is 27.5. The molecule has 1 aliphatic carbocycles. The van der Waals surface area contributed by atoms with E-state index in [4.69, 9.17) is 9.72 Å². The Morgan fingerprint density at radius 2 is 1.95 bits per heavy atom. The first-order valence-corrected chi connectivity index (χ1v) is 12.9. The summed E-state index contributed by atoms with van der Waals surface area (Å²) in [7, 11) is 7.63. The molecule has 2 heterocycles. The highest BCUT2D eigenvalue weighted by atomic mass is 16.5. The van der Waals surface area contributed by atoms with Crippen molar-refractivity contribution in [3.05, 3.63) is 61.6 Å². The molecular weight excluding hydrogens is 492 g/mol. The van der Waals surface area contributed by atoms with Gasteiger partial charge >= 0.3 is 0 Å². The van der Waals surface area contributed by atoms with E-state index >= 15 is 0 Å². The second-order valence-electron chi connectivity index (χ2n) is 9.94. The lowest BCUT2D eigenvalue weighted by Crippen LogP contribution is -2.29. The quantitative estimate of drug-likeness (QED) is 0.271. The van der Waals surface area contributed by atoms with Crippen molar-refractivity contribution < 1.29 is 9.53 Å². The summed E-state index contributed by atoms with van der Waals surface area (Å²) in [5.41, 5.74) is 4.19. The van der Waals surface area contributed by atoms with E-state index in [0.717, 1.165) is 29.7 Å². The number of hydrogen-bond donors (Lipinski definition) is 2.